The van der Waals surface area contributed by atoms with Gasteiger partial charge in [0.1, 0.15) is 5.78 Å². The maximum absolute atomic E-state index is 12.3. The Hall–Kier alpha value is 14.5. The summed E-state index contributed by atoms with van der Waals surface area (Å²) in [6.07, 6.45) is 14.2. The van der Waals surface area contributed by atoms with E-state index in [-0.39, 0.29) is 56.3 Å². The first-order chi connectivity index (χ1) is 54.1. The van der Waals surface area contributed by atoms with Crippen LogP contribution in [-0.2, 0) is 644 Å². The number of aliphatic hydroxyl groups excluding tert-OH is 1. The monoisotopic (exact) mass is 2810 g/mol. The summed E-state index contributed by atoms with van der Waals surface area (Å²) in [7, 11) is 122. The largest absolute Gasteiger partial charge is 1.00 e. The molecule has 0 bridgehead atoms. The van der Waals surface area contributed by atoms with Gasteiger partial charge in [0, 0.05) is 646 Å². The van der Waals surface area contributed by atoms with E-state index in [0.717, 1.165) is 55.3 Å². The molecule has 2 nitrogen and oxygen atoms in total. The third-order valence-corrected chi connectivity index (χ3v) is 164. The average molecular weight is 2820 g/mol. The van der Waals surface area contributed by atoms with Crippen molar-refractivity contribution in [1.82, 2.24) is 0 Å². The molecule has 112 heavy (non-hydrogen) atoms. The van der Waals surface area contributed by atoms with Gasteiger partial charge >= 0.3 is 29.6 Å². The predicted molar refractivity (Wildman–Crippen MR) is 685 cm³/mol. The first kappa shape index (κ1) is 119. The molecule has 1 N–H and O–H groups in total. The van der Waals surface area contributed by atoms with Crippen LogP contribution in [0.15, 0.2) is 36.4 Å². The third-order valence-electron chi connectivity index (χ3n) is 15.3. The molecule has 4 fully saturated rings. The van der Waals surface area contributed by atoms with Crippen molar-refractivity contribution in [3.8, 4) is 0 Å². The van der Waals surface area contributed by atoms with Gasteiger partial charge in [-0.3, -0.25) is 4.79 Å². The Morgan fingerprint density at radius 1 is 0.312 bits per heavy atom. The second-order valence-electron chi connectivity index (χ2n) is 19.9. The summed E-state index contributed by atoms with van der Waals surface area (Å²) in [5.41, 5.74) is 9.45. The SMILES string of the molecule is Cc1ccc2c(c1)CC[C@@H]1[C@@H]2CC[C@]2(C)C(=O)CC[C@@H]12.Cc1ccc2c(c1)CC[C@@H]1[C@@H]2CC[C@]2(C)[C@@H](O)CC[C@@H]12.S=S=S=S=S=S=S=S=S=S=S=S=S=S=S=S=S=S=S=S=S=S=S=S=S=S=S=S=S=S=S=S=S=S=S=S=S=S=S=S=S=S=S=S=S=S=S=S=S=S=S=S=S=S=S=S=S=S=S=S=S=S=S=S=S=S=S=S=S=S.[B].[H-].[Na+]. The van der Waals surface area contributed by atoms with Crippen molar-refractivity contribution in [2.75, 3.05) is 0 Å². The van der Waals surface area contributed by atoms with E-state index in [1.54, 1.807) is 129 Å². The van der Waals surface area contributed by atoms with Crippen LogP contribution in [-0.4, -0.2) is 25.4 Å². The van der Waals surface area contributed by atoms with E-state index in [9.17, 15) is 9.90 Å². The molecule has 0 heterocycles. The van der Waals surface area contributed by atoms with Crippen LogP contribution in [0.5, 0.6) is 0 Å². The standard InChI is InChI=1S/C19H26O.C19H24O.B.Na.S70.H/c2*1-12-3-5-14-13(11-12)4-6-16-15(14)9-10-19(2)17(16)7-8-18(19)20;;;1-3-5-7-9-11-13-15-17-19-21-23-25-27-29-31-33-35-37-39-41-43-45-47-49-51-53-55-57-59-61-63-65-67-69-70-68-66-64-62-60-58-56-54-52-50-48-46-44-42-40-38-36-34-32-30-28-26-24-22-20-18-16-14-12-10-8-6-4-2;/h3,5,11,15-18,20H,4,6-10H2,1-2H3;3,5,11,15-17H,4,6-10H2,1-2H3;;;;/q;;;+1;;-1/t15-,16-,17+,18+,19+;15-,16-,17+,19+;;;;/m11..../s1. The van der Waals surface area contributed by atoms with Crippen molar-refractivity contribution in [2.24, 2.45) is 34.5 Å². The Kier molecular flexibility index (Phi) is 86.5. The summed E-state index contributed by atoms with van der Waals surface area (Å²) < 4.78 is 0. The molecule has 2 aromatic carbocycles. The van der Waals surface area contributed by atoms with Crippen LogP contribution in [0.2, 0.25) is 0 Å². The zero-order valence-corrected chi connectivity index (χ0v) is 115. The molecule has 3 radical (unpaired) electrons. The predicted octanol–water partition coefficient (Wildman–Crippen LogP) is 5.20. The molecular weight excluding hydrogens is 2770 g/mol. The van der Waals surface area contributed by atoms with Gasteiger partial charge in [-0.25, -0.2) is 0 Å². The number of aliphatic hydroxyl groups is 1. The van der Waals surface area contributed by atoms with Crippen LogP contribution in [0, 0.1) is 48.3 Å². The van der Waals surface area contributed by atoms with Crippen LogP contribution in [0.3, 0.4) is 0 Å². The quantitative estimate of drug-likeness (QED) is 0.369. The summed E-state index contributed by atoms with van der Waals surface area (Å²) in [5, 5.41) is 10.4. The fourth-order valence-electron chi connectivity index (χ4n) is 11.9. The summed E-state index contributed by atoms with van der Waals surface area (Å²) in [4.78, 5) is 12.3. The molecule has 9 atom stereocenters. The first-order valence-corrected chi connectivity index (χ1v) is 120. The maximum atomic E-state index is 12.3. The summed E-state index contributed by atoms with van der Waals surface area (Å²) in [6, 6.07) is 14.1. The molecular formula is C38H51BNaO2S70. The van der Waals surface area contributed by atoms with Crippen LogP contribution >= 0.6 is 0 Å². The number of Topliss-reactive ketones (excluding diaryl/α,β-unsaturated/α-hetero) is 1. The van der Waals surface area contributed by atoms with Crippen molar-refractivity contribution in [2.45, 2.75) is 123 Å². The number of rotatable bonds is 0. The van der Waals surface area contributed by atoms with Crippen LogP contribution in [0.4, 0.5) is 0 Å². The Morgan fingerprint density at radius 3 is 0.795 bits per heavy atom. The molecule has 2 aromatic rings. The van der Waals surface area contributed by atoms with Crippen molar-refractivity contribution < 1.29 is 40.9 Å². The Bertz CT molecular complexity index is 6970. The number of hydrogen-bond acceptors (Lipinski definition) is 4. The van der Waals surface area contributed by atoms with Gasteiger partial charge in [-0.2, -0.15) is 0 Å². The molecule has 8 rings (SSSR count). The molecule has 6 aliphatic carbocycles. The van der Waals surface area contributed by atoms with Crippen LogP contribution < -0.4 is 29.6 Å². The van der Waals surface area contributed by atoms with Gasteiger partial charge < -0.3 is 6.53 Å². The zero-order chi connectivity index (χ0) is 77.9. The number of fused-ring (bicyclic) bond motifs is 10. The minimum atomic E-state index is -0.0483. The first-order valence-electron chi connectivity index (χ1n) is 28.1. The smallest absolute Gasteiger partial charge is 1.00 e. The summed E-state index contributed by atoms with van der Waals surface area (Å²) in [5.74, 6) is 5.03. The maximum Gasteiger partial charge on any atom is 1.00 e. The van der Waals surface area contributed by atoms with E-state index in [1.807, 2.05) is 480 Å². The van der Waals surface area contributed by atoms with Gasteiger partial charge in [0.2, 0.25) is 0 Å². The minimum absolute atomic E-state index is 0. The zero-order valence-electron chi connectivity index (χ0n) is 56.5. The van der Waals surface area contributed by atoms with Gasteiger partial charge in [-0.05, 0) is 148 Å². The topological polar surface area (TPSA) is 37.3 Å². The molecule has 0 amide bonds. The van der Waals surface area contributed by atoms with Crippen molar-refractivity contribution in [3.63, 3.8) is 0 Å². The fourth-order valence-corrected chi connectivity index (χ4v) is 193. The van der Waals surface area contributed by atoms with Crippen LogP contribution in [0.25, 0.3) is 0 Å². The minimum Gasteiger partial charge on any atom is -1.00 e. The molecule has 0 spiro atoms. The molecule has 0 saturated heterocycles. The van der Waals surface area contributed by atoms with Crippen molar-refractivity contribution >= 4 is 640 Å². The Morgan fingerprint density at radius 2 is 0.545 bits per heavy atom. The molecule has 6 aliphatic rings. The van der Waals surface area contributed by atoms with Gasteiger partial charge in [-0.1, -0.05) is 61.4 Å². The molecule has 0 unspecified atom stereocenters. The van der Waals surface area contributed by atoms with Gasteiger partial charge in [-0.15, -0.1) is 0 Å². The van der Waals surface area contributed by atoms with E-state index in [2.05, 4.69) is 64.1 Å². The number of hydrogen-bond donors (Lipinski definition) is 1. The second kappa shape index (κ2) is 81.5. The number of aryl methyl sites for hydroxylation is 4. The summed E-state index contributed by atoms with van der Waals surface area (Å²) in [6.45, 7) is 9.02. The molecule has 74 heteroatoms. The summed E-state index contributed by atoms with van der Waals surface area (Å²) >= 11 is 9.65. The molecule has 0 aliphatic heterocycles. The Balaban J connectivity index is 0.000000604. The number of ketones is 1. The van der Waals surface area contributed by atoms with Crippen molar-refractivity contribution in [3.05, 3.63) is 69.8 Å². The van der Waals surface area contributed by atoms with Gasteiger partial charge in [0.25, 0.3) is 0 Å². The molecule has 0 aromatic heterocycles. The van der Waals surface area contributed by atoms with E-state index < -0.39 is 0 Å². The third kappa shape index (κ3) is 54.0. The fraction of sp³-hybridized carbons (Fsp3) is 0.658. The molecule has 639 valence electrons. The number of carbonyl (C=O) groups excluding carboxylic acids is 1. The number of carbonyl (C=O) groups is 1. The number of benzene rings is 2. The van der Waals surface area contributed by atoms with E-state index >= 15 is 0 Å². The van der Waals surface area contributed by atoms with Crippen molar-refractivity contribution in [1.29, 1.82) is 0 Å². The second-order valence-corrected chi connectivity index (χ2v) is 140. The average Bonchev–Trinajstić information content (AvgIpc) is 1.64. The van der Waals surface area contributed by atoms with E-state index in [1.165, 1.54) is 80.3 Å². The molecule has 4 saturated carbocycles. The van der Waals surface area contributed by atoms with Gasteiger partial charge in [0.05, 0.1) is 6.10 Å². The van der Waals surface area contributed by atoms with Gasteiger partial charge in [0.15, 0.2) is 0 Å². The van der Waals surface area contributed by atoms with E-state index in [4.69, 9.17) is 22.4 Å². The Labute approximate surface area is 885 Å². The normalized spacial score (nSPS) is 19.5. The van der Waals surface area contributed by atoms with E-state index in [0.29, 0.717) is 11.7 Å². The van der Waals surface area contributed by atoms with Crippen LogP contribution in [0.1, 0.15) is 125 Å².